The minimum atomic E-state index is -3.71. The number of sulfonamides is 1. The van der Waals surface area contributed by atoms with Crippen molar-refractivity contribution >= 4 is 15.9 Å². The molecule has 1 aromatic heterocycles. The molecular formula is C13H23N5O2S. The first kappa shape index (κ1) is 16.0. The number of hydrogen-bond acceptors (Lipinski definition) is 4. The van der Waals surface area contributed by atoms with Crippen LogP contribution >= 0.6 is 0 Å². The number of rotatable bonds is 6. The lowest BCUT2D eigenvalue weighted by Gasteiger charge is -2.26. The molecule has 8 heteroatoms. The van der Waals surface area contributed by atoms with Gasteiger partial charge in [-0.1, -0.05) is 12.8 Å². The standard InChI is InChI=1S/C13H23N5O2S/c1-3-17-9-13(16-10(17)2)21(19,20)18(8-12(14)15)11-6-4-5-7-11/h9,11H,3-8H2,1-2H3,(H3,14,15). The average molecular weight is 313 g/mol. The predicted octanol–water partition coefficient (Wildman–Crippen LogP) is 1.08. The summed E-state index contributed by atoms with van der Waals surface area (Å²) in [5.74, 6) is 0.530. The smallest absolute Gasteiger partial charge is 0.262 e. The Bertz CT molecular complexity index is 617. The minimum absolute atomic E-state index is 0.0509. The molecule has 0 saturated heterocycles. The van der Waals surface area contributed by atoms with Gasteiger partial charge in [0.05, 0.1) is 6.54 Å². The maximum atomic E-state index is 12.8. The molecule has 1 aliphatic carbocycles. The van der Waals surface area contributed by atoms with Crippen molar-refractivity contribution in [2.45, 2.75) is 57.1 Å². The molecule has 0 aliphatic heterocycles. The summed E-state index contributed by atoms with van der Waals surface area (Å²) in [5.41, 5.74) is 5.45. The molecule has 21 heavy (non-hydrogen) atoms. The van der Waals surface area contributed by atoms with Crippen molar-refractivity contribution in [2.24, 2.45) is 5.73 Å². The number of nitrogens with two attached hydrogens (primary N) is 1. The number of hydrogen-bond donors (Lipinski definition) is 2. The predicted molar refractivity (Wildman–Crippen MR) is 80.7 cm³/mol. The fourth-order valence-electron chi connectivity index (χ4n) is 2.81. The Morgan fingerprint density at radius 3 is 2.62 bits per heavy atom. The molecule has 1 aliphatic rings. The van der Waals surface area contributed by atoms with Crippen molar-refractivity contribution in [2.75, 3.05) is 6.54 Å². The molecule has 1 fully saturated rings. The van der Waals surface area contributed by atoms with Crippen molar-refractivity contribution in [1.29, 1.82) is 5.41 Å². The van der Waals surface area contributed by atoms with E-state index in [2.05, 4.69) is 4.98 Å². The van der Waals surface area contributed by atoms with Gasteiger partial charge < -0.3 is 10.3 Å². The number of aryl methyl sites for hydroxylation is 2. The van der Waals surface area contributed by atoms with Gasteiger partial charge in [0.15, 0.2) is 5.03 Å². The highest BCUT2D eigenvalue weighted by Crippen LogP contribution is 2.28. The van der Waals surface area contributed by atoms with Crippen LogP contribution < -0.4 is 5.73 Å². The second-order valence-corrected chi connectivity index (χ2v) is 7.26. The lowest BCUT2D eigenvalue weighted by atomic mass is 10.2. The molecule has 0 bridgehead atoms. The van der Waals surface area contributed by atoms with Crippen LogP contribution in [0.4, 0.5) is 0 Å². The van der Waals surface area contributed by atoms with Gasteiger partial charge in [0.2, 0.25) is 0 Å². The second-order valence-electron chi connectivity index (χ2n) is 5.43. The van der Waals surface area contributed by atoms with E-state index < -0.39 is 10.0 Å². The Morgan fingerprint density at radius 2 is 2.14 bits per heavy atom. The van der Waals surface area contributed by atoms with E-state index in [1.165, 1.54) is 4.31 Å². The van der Waals surface area contributed by atoms with Crippen LogP contribution in [0, 0.1) is 12.3 Å². The number of amidine groups is 1. The van der Waals surface area contributed by atoms with Crippen molar-refractivity contribution in [3.8, 4) is 0 Å². The van der Waals surface area contributed by atoms with Crippen molar-refractivity contribution in [3.05, 3.63) is 12.0 Å². The van der Waals surface area contributed by atoms with Gasteiger partial charge in [-0.2, -0.15) is 4.31 Å². The Kier molecular flexibility index (Phi) is 4.67. The summed E-state index contributed by atoms with van der Waals surface area (Å²) in [6.45, 7) is 4.33. The topological polar surface area (TPSA) is 105 Å². The highest BCUT2D eigenvalue weighted by Gasteiger charge is 2.35. The molecule has 1 saturated carbocycles. The molecule has 0 radical (unpaired) electrons. The van der Waals surface area contributed by atoms with Gasteiger partial charge in [-0.15, -0.1) is 0 Å². The third-order valence-electron chi connectivity index (χ3n) is 3.93. The van der Waals surface area contributed by atoms with Gasteiger partial charge >= 0.3 is 0 Å². The first-order valence-corrected chi connectivity index (χ1v) is 8.68. The highest BCUT2D eigenvalue weighted by molar-refractivity contribution is 7.89. The Labute approximate surface area is 125 Å². The van der Waals surface area contributed by atoms with Gasteiger partial charge in [0, 0.05) is 18.8 Å². The van der Waals surface area contributed by atoms with Crippen LogP contribution in [0.15, 0.2) is 11.2 Å². The van der Waals surface area contributed by atoms with Crippen LogP contribution in [0.1, 0.15) is 38.4 Å². The van der Waals surface area contributed by atoms with E-state index >= 15 is 0 Å². The van der Waals surface area contributed by atoms with Gasteiger partial charge in [-0.05, 0) is 26.7 Å². The molecule has 1 aromatic rings. The van der Waals surface area contributed by atoms with Gasteiger partial charge in [-0.25, -0.2) is 13.4 Å². The molecule has 2 rings (SSSR count). The zero-order chi connectivity index (χ0) is 15.6. The highest BCUT2D eigenvalue weighted by atomic mass is 32.2. The van der Waals surface area contributed by atoms with Crippen LogP contribution in [0.3, 0.4) is 0 Å². The molecule has 3 N–H and O–H groups in total. The maximum Gasteiger partial charge on any atom is 0.262 e. The zero-order valence-corrected chi connectivity index (χ0v) is 13.4. The van der Waals surface area contributed by atoms with Crippen LogP contribution in [-0.2, 0) is 16.6 Å². The molecule has 118 valence electrons. The van der Waals surface area contributed by atoms with E-state index in [0.29, 0.717) is 12.4 Å². The molecule has 0 atom stereocenters. The van der Waals surface area contributed by atoms with Crippen molar-refractivity contribution in [3.63, 3.8) is 0 Å². The van der Waals surface area contributed by atoms with Crippen LogP contribution in [-0.4, -0.2) is 40.7 Å². The first-order valence-electron chi connectivity index (χ1n) is 7.24. The molecule has 0 unspecified atom stereocenters. The van der Waals surface area contributed by atoms with E-state index in [9.17, 15) is 8.42 Å². The monoisotopic (exact) mass is 313 g/mol. The number of nitrogens with zero attached hydrogens (tertiary/aromatic N) is 3. The quantitative estimate of drug-likeness (QED) is 0.605. The molecule has 0 amide bonds. The minimum Gasteiger partial charge on any atom is -0.387 e. The molecule has 0 spiro atoms. The van der Waals surface area contributed by atoms with Crippen LogP contribution in [0.25, 0.3) is 0 Å². The summed E-state index contributed by atoms with van der Waals surface area (Å²) in [6.07, 6.45) is 5.22. The first-order chi connectivity index (χ1) is 9.86. The molecule has 1 heterocycles. The normalized spacial score (nSPS) is 16.7. The summed E-state index contributed by atoms with van der Waals surface area (Å²) in [5, 5.41) is 7.51. The lowest BCUT2D eigenvalue weighted by molar-refractivity contribution is 0.352. The largest absolute Gasteiger partial charge is 0.387 e. The number of nitrogens with one attached hydrogen (secondary N) is 1. The van der Waals surface area contributed by atoms with E-state index in [0.717, 1.165) is 25.7 Å². The third-order valence-corrected chi connectivity index (χ3v) is 5.70. The second kappa shape index (κ2) is 6.15. The lowest BCUT2D eigenvalue weighted by Crippen LogP contribution is -2.44. The number of imidazole rings is 1. The fraction of sp³-hybridized carbons (Fsp3) is 0.692. The third kappa shape index (κ3) is 3.26. The van der Waals surface area contributed by atoms with E-state index in [1.807, 2.05) is 6.92 Å². The van der Waals surface area contributed by atoms with Crippen molar-refractivity contribution in [1.82, 2.24) is 13.9 Å². The Balaban J connectivity index is 2.37. The van der Waals surface area contributed by atoms with E-state index in [-0.39, 0.29) is 23.4 Å². The van der Waals surface area contributed by atoms with Crippen LogP contribution in [0.5, 0.6) is 0 Å². The van der Waals surface area contributed by atoms with Gasteiger partial charge in [0.25, 0.3) is 10.0 Å². The maximum absolute atomic E-state index is 12.8. The molecule has 7 nitrogen and oxygen atoms in total. The summed E-state index contributed by atoms with van der Waals surface area (Å²) in [6, 6.07) is -0.0778. The SMILES string of the molecule is CCn1cc(S(=O)(=O)N(CC(=N)N)C2CCCC2)nc1C. The summed E-state index contributed by atoms with van der Waals surface area (Å²) in [4.78, 5) is 4.17. The van der Waals surface area contributed by atoms with Crippen molar-refractivity contribution < 1.29 is 8.42 Å². The summed E-state index contributed by atoms with van der Waals surface area (Å²) < 4.78 is 28.8. The molecular weight excluding hydrogens is 290 g/mol. The molecule has 0 aromatic carbocycles. The zero-order valence-electron chi connectivity index (χ0n) is 12.5. The van der Waals surface area contributed by atoms with E-state index in [4.69, 9.17) is 11.1 Å². The van der Waals surface area contributed by atoms with Gasteiger partial charge in [-0.3, -0.25) is 5.41 Å². The Hall–Kier alpha value is -1.41. The number of aromatic nitrogens is 2. The van der Waals surface area contributed by atoms with Gasteiger partial charge in [0.1, 0.15) is 11.7 Å². The van der Waals surface area contributed by atoms with Crippen LogP contribution in [0.2, 0.25) is 0 Å². The average Bonchev–Trinajstić information content (AvgIpc) is 3.04. The summed E-state index contributed by atoms with van der Waals surface area (Å²) in [7, 11) is -3.71. The summed E-state index contributed by atoms with van der Waals surface area (Å²) >= 11 is 0. The van der Waals surface area contributed by atoms with E-state index in [1.54, 1.807) is 17.7 Å². The fourth-order valence-corrected chi connectivity index (χ4v) is 4.47. The Morgan fingerprint density at radius 1 is 1.52 bits per heavy atom.